The molecule has 0 saturated carbocycles. The van der Waals surface area contributed by atoms with Crippen molar-refractivity contribution in [2.24, 2.45) is 0 Å². The first-order valence-corrected chi connectivity index (χ1v) is 7.63. The van der Waals surface area contributed by atoms with Crippen LogP contribution in [0.4, 0.5) is 5.13 Å². The number of hydrogen-bond donors (Lipinski definition) is 3. The quantitative estimate of drug-likeness (QED) is 0.744. The Bertz CT molecular complexity index is 613. The molecule has 0 aliphatic carbocycles. The van der Waals surface area contributed by atoms with Gasteiger partial charge in [0, 0.05) is 4.88 Å². The largest absolute Gasteiger partial charge is 0.462 e. The third-order valence-corrected chi connectivity index (χ3v) is 4.53. The predicted octanol–water partition coefficient (Wildman–Crippen LogP) is 1.91. The van der Waals surface area contributed by atoms with Crippen molar-refractivity contribution >= 4 is 29.4 Å². The lowest BCUT2D eigenvalue weighted by atomic mass is 10.1. The Labute approximate surface area is 108 Å². The highest BCUT2D eigenvalue weighted by Crippen LogP contribution is 2.41. The Hall–Kier alpha value is -1.14. The molecule has 0 aromatic carbocycles. The van der Waals surface area contributed by atoms with Crippen LogP contribution < -0.4 is 11.0 Å². The van der Waals surface area contributed by atoms with Crippen molar-refractivity contribution in [1.29, 1.82) is 0 Å². The summed E-state index contributed by atoms with van der Waals surface area (Å²) < 4.78 is 16.5. The van der Waals surface area contributed by atoms with Crippen molar-refractivity contribution in [1.82, 2.24) is 4.98 Å². The lowest BCUT2D eigenvalue weighted by Crippen LogP contribution is -2.05. The maximum absolute atomic E-state index is 11.4. The molecule has 0 amide bonds. The highest BCUT2D eigenvalue weighted by molar-refractivity contribution is 7.60. The van der Waals surface area contributed by atoms with Crippen molar-refractivity contribution in [2.45, 2.75) is 19.8 Å². The minimum absolute atomic E-state index is 0.0972. The molecular weight excluding hydrogens is 275 g/mol. The Balaban J connectivity index is 2.63. The zero-order valence-corrected chi connectivity index (χ0v) is 11.5. The fraction of sp³-hybridized carbons (Fsp3) is 0.300. The minimum Gasteiger partial charge on any atom is -0.462 e. The molecule has 0 aliphatic rings. The summed E-state index contributed by atoms with van der Waals surface area (Å²) in [5, 5.41) is 0.191. The van der Waals surface area contributed by atoms with Crippen LogP contribution in [-0.2, 0) is 4.57 Å². The van der Waals surface area contributed by atoms with Crippen molar-refractivity contribution in [3.63, 3.8) is 0 Å². The van der Waals surface area contributed by atoms with Gasteiger partial charge in [-0.15, -0.1) is 11.3 Å². The van der Waals surface area contributed by atoms with Crippen LogP contribution in [0.15, 0.2) is 16.7 Å². The van der Waals surface area contributed by atoms with Crippen LogP contribution >= 0.6 is 18.9 Å². The van der Waals surface area contributed by atoms with E-state index in [2.05, 4.69) is 4.98 Å². The number of rotatable bonds is 3. The first-order chi connectivity index (χ1) is 8.30. The number of anilines is 1. The van der Waals surface area contributed by atoms with Gasteiger partial charge in [0.2, 0.25) is 0 Å². The van der Waals surface area contributed by atoms with Gasteiger partial charge in [-0.25, -0.2) is 4.98 Å². The zero-order valence-electron chi connectivity index (χ0n) is 9.82. The van der Waals surface area contributed by atoms with Crippen molar-refractivity contribution < 1.29 is 18.8 Å². The van der Waals surface area contributed by atoms with E-state index in [1.54, 1.807) is 0 Å². The smallest absolute Gasteiger partial charge is 0.360 e. The molecule has 0 unspecified atom stereocenters. The van der Waals surface area contributed by atoms with E-state index in [1.807, 2.05) is 13.8 Å². The maximum Gasteiger partial charge on any atom is 0.360 e. The zero-order chi connectivity index (χ0) is 13.5. The normalized spacial score (nSPS) is 12.3. The van der Waals surface area contributed by atoms with E-state index in [9.17, 15) is 14.4 Å². The molecule has 0 aliphatic heterocycles. The van der Waals surface area contributed by atoms with E-state index in [4.69, 9.17) is 10.2 Å². The van der Waals surface area contributed by atoms with Gasteiger partial charge in [-0.3, -0.25) is 4.57 Å². The SMILES string of the molecule is CC(C)c1sc(N)nc1-c1occc1P(=O)(O)O. The molecule has 0 radical (unpaired) electrons. The van der Waals surface area contributed by atoms with Crippen LogP contribution in [0.5, 0.6) is 0 Å². The van der Waals surface area contributed by atoms with Crippen LogP contribution in [-0.4, -0.2) is 14.8 Å². The summed E-state index contributed by atoms with van der Waals surface area (Å²) in [5.74, 6) is 0.240. The molecule has 8 heteroatoms. The van der Waals surface area contributed by atoms with Gasteiger partial charge in [-0.1, -0.05) is 13.8 Å². The molecule has 18 heavy (non-hydrogen) atoms. The minimum atomic E-state index is -4.38. The molecule has 0 bridgehead atoms. The standard InChI is InChI=1S/C10H13N2O4PS/c1-5(2)9-7(12-10(11)18-9)8-6(3-4-16-8)17(13,14)15/h3-5H,1-2H3,(H2,11,12)(H2,13,14,15). The van der Waals surface area contributed by atoms with Crippen molar-refractivity contribution in [2.75, 3.05) is 5.73 Å². The first-order valence-electron chi connectivity index (χ1n) is 5.21. The second-order valence-electron chi connectivity index (χ2n) is 4.10. The van der Waals surface area contributed by atoms with Gasteiger partial charge in [-0.05, 0) is 12.0 Å². The molecule has 0 atom stereocenters. The fourth-order valence-electron chi connectivity index (χ4n) is 1.61. The first kappa shape index (κ1) is 13.3. The molecule has 2 heterocycles. The van der Waals surface area contributed by atoms with Crippen LogP contribution in [0.2, 0.25) is 0 Å². The second-order valence-corrected chi connectivity index (χ2v) is 6.73. The van der Waals surface area contributed by atoms with Gasteiger partial charge >= 0.3 is 7.60 Å². The lowest BCUT2D eigenvalue weighted by molar-refractivity contribution is 0.387. The third-order valence-electron chi connectivity index (χ3n) is 2.37. The van der Waals surface area contributed by atoms with Crippen molar-refractivity contribution in [3.8, 4) is 11.5 Å². The molecule has 6 nitrogen and oxygen atoms in total. The summed E-state index contributed by atoms with van der Waals surface area (Å²) in [6.07, 6.45) is 1.24. The maximum atomic E-state index is 11.4. The number of furan rings is 1. The van der Waals surface area contributed by atoms with E-state index in [0.717, 1.165) is 4.88 Å². The van der Waals surface area contributed by atoms with Crippen LogP contribution in [0.3, 0.4) is 0 Å². The topological polar surface area (TPSA) is 110 Å². The van der Waals surface area contributed by atoms with E-state index >= 15 is 0 Å². The third kappa shape index (κ3) is 2.35. The molecular formula is C10H13N2O4PS. The van der Waals surface area contributed by atoms with Gasteiger partial charge in [-0.2, -0.15) is 0 Å². The van der Waals surface area contributed by atoms with Gasteiger partial charge in [0.1, 0.15) is 11.0 Å². The Morgan fingerprint density at radius 1 is 1.50 bits per heavy atom. The molecule has 98 valence electrons. The predicted molar refractivity (Wildman–Crippen MR) is 70.0 cm³/mol. The van der Waals surface area contributed by atoms with Crippen molar-refractivity contribution in [3.05, 3.63) is 17.2 Å². The van der Waals surface area contributed by atoms with E-state index in [-0.39, 0.29) is 17.0 Å². The summed E-state index contributed by atoms with van der Waals surface area (Å²) in [6, 6.07) is 1.26. The summed E-state index contributed by atoms with van der Waals surface area (Å²) in [4.78, 5) is 23.5. The number of nitrogens with zero attached hydrogens (tertiary/aromatic N) is 1. The Morgan fingerprint density at radius 2 is 2.17 bits per heavy atom. The summed E-state index contributed by atoms with van der Waals surface area (Å²) in [5.41, 5.74) is 6.07. The number of hydrogen-bond acceptors (Lipinski definition) is 5. The fourth-order valence-corrected chi connectivity index (χ4v) is 3.12. The Kier molecular flexibility index (Phi) is 3.33. The Morgan fingerprint density at radius 3 is 2.72 bits per heavy atom. The second kappa shape index (κ2) is 4.51. The monoisotopic (exact) mass is 288 g/mol. The van der Waals surface area contributed by atoms with Crippen LogP contribution in [0, 0.1) is 0 Å². The summed E-state index contributed by atoms with van der Waals surface area (Å²) in [6.45, 7) is 3.91. The van der Waals surface area contributed by atoms with Crippen LogP contribution in [0.1, 0.15) is 24.6 Å². The average molecular weight is 288 g/mol. The van der Waals surface area contributed by atoms with Gasteiger partial charge in [0.05, 0.1) is 6.26 Å². The summed E-state index contributed by atoms with van der Waals surface area (Å²) >= 11 is 1.29. The van der Waals surface area contributed by atoms with E-state index in [1.165, 1.54) is 23.7 Å². The van der Waals surface area contributed by atoms with Gasteiger partial charge < -0.3 is 19.9 Å². The average Bonchev–Trinajstić information content (AvgIpc) is 2.80. The number of thiazole rings is 1. The molecule has 4 N–H and O–H groups in total. The molecule has 0 saturated heterocycles. The van der Waals surface area contributed by atoms with Gasteiger partial charge in [0.15, 0.2) is 10.9 Å². The highest BCUT2D eigenvalue weighted by Gasteiger charge is 2.28. The molecule has 2 aromatic heterocycles. The molecule has 2 rings (SSSR count). The number of nitrogens with two attached hydrogens (primary N) is 1. The van der Waals surface area contributed by atoms with Gasteiger partial charge in [0.25, 0.3) is 0 Å². The number of nitrogen functional groups attached to an aromatic ring is 1. The van der Waals surface area contributed by atoms with E-state index < -0.39 is 7.60 Å². The number of aromatic nitrogens is 1. The van der Waals surface area contributed by atoms with Crippen LogP contribution in [0.25, 0.3) is 11.5 Å². The molecule has 2 aromatic rings. The molecule has 0 spiro atoms. The molecule has 0 fully saturated rings. The summed E-state index contributed by atoms with van der Waals surface area (Å²) in [7, 11) is -4.38. The van der Waals surface area contributed by atoms with E-state index in [0.29, 0.717) is 10.8 Å². The highest BCUT2D eigenvalue weighted by atomic mass is 32.1. The lowest BCUT2D eigenvalue weighted by Gasteiger charge is -2.06.